The van der Waals surface area contributed by atoms with E-state index in [9.17, 15) is 4.39 Å². The molecule has 0 fully saturated rings. The molecule has 15 heavy (non-hydrogen) atoms. The smallest absolute Gasteiger partial charge is 0.130 e. The normalized spacial score (nSPS) is 11.1. The SMILES string of the molecule is CC(C)(F)c1ccc2ncccc2c1.I. The third kappa shape index (κ3) is 2.65. The minimum Gasteiger partial charge on any atom is -0.256 e. The molecular weight excluding hydrogens is 304 g/mol. The number of pyridine rings is 1. The van der Waals surface area contributed by atoms with Crippen LogP contribution in [0.15, 0.2) is 36.5 Å². The summed E-state index contributed by atoms with van der Waals surface area (Å²) in [6.07, 6.45) is 1.74. The number of benzene rings is 1. The van der Waals surface area contributed by atoms with E-state index in [0.717, 1.165) is 10.9 Å². The summed E-state index contributed by atoms with van der Waals surface area (Å²) in [5.41, 5.74) is 0.308. The molecule has 0 N–H and O–H groups in total. The molecule has 0 atom stereocenters. The van der Waals surface area contributed by atoms with E-state index in [4.69, 9.17) is 0 Å². The van der Waals surface area contributed by atoms with E-state index in [1.54, 1.807) is 26.1 Å². The molecule has 2 aromatic rings. The van der Waals surface area contributed by atoms with E-state index in [2.05, 4.69) is 4.98 Å². The molecule has 0 amide bonds. The van der Waals surface area contributed by atoms with Gasteiger partial charge in [0.05, 0.1) is 5.52 Å². The van der Waals surface area contributed by atoms with Crippen LogP contribution in [0.5, 0.6) is 0 Å². The first kappa shape index (κ1) is 12.4. The van der Waals surface area contributed by atoms with E-state index < -0.39 is 5.67 Å². The van der Waals surface area contributed by atoms with Crippen LogP contribution >= 0.6 is 24.0 Å². The average Bonchev–Trinajstić information content (AvgIpc) is 2.16. The van der Waals surface area contributed by atoms with E-state index in [0.29, 0.717) is 5.56 Å². The number of aromatic nitrogens is 1. The van der Waals surface area contributed by atoms with Gasteiger partial charge in [0.15, 0.2) is 0 Å². The summed E-state index contributed by atoms with van der Waals surface area (Å²) >= 11 is 0. The Morgan fingerprint density at radius 1 is 1.20 bits per heavy atom. The van der Waals surface area contributed by atoms with Gasteiger partial charge in [0.1, 0.15) is 5.67 Å². The number of alkyl halides is 1. The fraction of sp³-hybridized carbons (Fsp3) is 0.250. The zero-order valence-electron chi connectivity index (χ0n) is 8.70. The van der Waals surface area contributed by atoms with Crippen molar-refractivity contribution in [3.63, 3.8) is 0 Å². The third-order valence-electron chi connectivity index (χ3n) is 2.29. The van der Waals surface area contributed by atoms with Crippen LogP contribution in [0.25, 0.3) is 10.9 Å². The molecule has 0 radical (unpaired) electrons. The Hall–Kier alpha value is -0.710. The molecule has 1 aromatic carbocycles. The van der Waals surface area contributed by atoms with Crippen LogP contribution in [0.2, 0.25) is 0 Å². The third-order valence-corrected chi connectivity index (χ3v) is 2.29. The molecule has 3 heteroatoms. The Morgan fingerprint density at radius 3 is 2.60 bits per heavy atom. The highest BCUT2D eigenvalue weighted by Crippen LogP contribution is 2.26. The maximum atomic E-state index is 13.6. The Balaban J connectivity index is 0.00000112. The van der Waals surface area contributed by atoms with Crippen molar-refractivity contribution in [1.82, 2.24) is 4.98 Å². The quantitative estimate of drug-likeness (QED) is 0.723. The summed E-state index contributed by atoms with van der Waals surface area (Å²) in [6, 6.07) is 9.29. The molecule has 2 rings (SSSR count). The Morgan fingerprint density at radius 2 is 1.93 bits per heavy atom. The Kier molecular flexibility index (Phi) is 3.65. The molecule has 1 aromatic heterocycles. The summed E-state index contributed by atoms with van der Waals surface area (Å²) in [6.45, 7) is 3.12. The fourth-order valence-corrected chi connectivity index (χ4v) is 1.45. The number of hydrogen-bond donors (Lipinski definition) is 0. The number of rotatable bonds is 1. The predicted molar refractivity (Wildman–Crippen MR) is 71.3 cm³/mol. The molecular formula is C12H13FIN. The maximum Gasteiger partial charge on any atom is 0.130 e. The van der Waals surface area contributed by atoms with Gasteiger partial charge in [0.25, 0.3) is 0 Å². The average molecular weight is 317 g/mol. The first-order valence-electron chi connectivity index (χ1n) is 4.61. The highest BCUT2D eigenvalue weighted by molar-refractivity contribution is 14.0. The standard InChI is InChI=1S/C12H12FN.HI/c1-12(2,13)10-5-6-11-9(8-10)4-3-7-14-11;/h3-8H,1-2H3;1H. The molecule has 80 valence electrons. The first-order valence-corrected chi connectivity index (χ1v) is 4.61. The van der Waals surface area contributed by atoms with Gasteiger partial charge >= 0.3 is 0 Å². The van der Waals surface area contributed by atoms with Crippen LogP contribution in [0, 0.1) is 0 Å². The molecule has 0 saturated carbocycles. The molecule has 0 spiro atoms. The van der Waals surface area contributed by atoms with Gasteiger partial charge < -0.3 is 0 Å². The van der Waals surface area contributed by atoms with Gasteiger partial charge in [-0.15, -0.1) is 24.0 Å². The maximum absolute atomic E-state index is 13.6. The van der Waals surface area contributed by atoms with Gasteiger partial charge in [-0.3, -0.25) is 4.98 Å². The molecule has 0 unspecified atom stereocenters. The summed E-state index contributed by atoms with van der Waals surface area (Å²) in [5.74, 6) is 0. The van der Waals surface area contributed by atoms with Gasteiger partial charge in [0, 0.05) is 11.6 Å². The van der Waals surface area contributed by atoms with E-state index in [-0.39, 0.29) is 24.0 Å². The topological polar surface area (TPSA) is 12.9 Å². The summed E-state index contributed by atoms with van der Waals surface area (Å²) in [4.78, 5) is 4.18. The Bertz CT molecular complexity index is 462. The minimum atomic E-state index is -1.29. The van der Waals surface area contributed by atoms with Gasteiger partial charge in [-0.25, -0.2) is 4.39 Å². The van der Waals surface area contributed by atoms with Crippen molar-refractivity contribution < 1.29 is 4.39 Å². The number of fused-ring (bicyclic) bond motifs is 1. The summed E-state index contributed by atoms with van der Waals surface area (Å²) in [7, 11) is 0. The van der Waals surface area contributed by atoms with Crippen LogP contribution in [0.3, 0.4) is 0 Å². The van der Waals surface area contributed by atoms with Crippen LogP contribution in [0.1, 0.15) is 19.4 Å². The van der Waals surface area contributed by atoms with Crippen LogP contribution < -0.4 is 0 Å². The van der Waals surface area contributed by atoms with Crippen molar-refractivity contribution in [2.75, 3.05) is 0 Å². The molecule has 0 aliphatic carbocycles. The highest BCUT2D eigenvalue weighted by atomic mass is 127. The van der Waals surface area contributed by atoms with Crippen LogP contribution in [-0.2, 0) is 5.67 Å². The molecule has 0 aliphatic heterocycles. The molecule has 1 heterocycles. The van der Waals surface area contributed by atoms with Gasteiger partial charge in [0.2, 0.25) is 0 Å². The van der Waals surface area contributed by atoms with Crippen LogP contribution in [0.4, 0.5) is 4.39 Å². The second kappa shape index (κ2) is 4.43. The lowest BCUT2D eigenvalue weighted by atomic mass is 9.98. The summed E-state index contributed by atoms with van der Waals surface area (Å²) in [5, 5.41) is 0.982. The second-order valence-electron chi connectivity index (χ2n) is 3.88. The van der Waals surface area contributed by atoms with Crippen molar-refractivity contribution in [3.05, 3.63) is 42.1 Å². The molecule has 0 saturated heterocycles. The zero-order chi connectivity index (χ0) is 10.2. The summed E-state index contributed by atoms with van der Waals surface area (Å²) < 4.78 is 13.6. The van der Waals surface area contributed by atoms with E-state index in [1.165, 1.54) is 0 Å². The van der Waals surface area contributed by atoms with Crippen molar-refractivity contribution in [3.8, 4) is 0 Å². The lowest BCUT2D eigenvalue weighted by molar-refractivity contribution is 0.221. The van der Waals surface area contributed by atoms with Crippen LogP contribution in [-0.4, -0.2) is 4.98 Å². The van der Waals surface area contributed by atoms with Gasteiger partial charge in [-0.2, -0.15) is 0 Å². The van der Waals surface area contributed by atoms with Crippen molar-refractivity contribution >= 4 is 34.9 Å². The second-order valence-corrected chi connectivity index (χ2v) is 3.88. The monoisotopic (exact) mass is 317 g/mol. The fourth-order valence-electron chi connectivity index (χ4n) is 1.45. The van der Waals surface area contributed by atoms with Crippen molar-refractivity contribution in [2.45, 2.75) is 19.5 Å². The number of hydrogen-bond acceptors (Lipinski definition) is 1. The van der Waals surface area contributed by atoms with Gasteiger partial charge in [-0.05, 0) is 37.6 Å². The minimum absolute atomic E-state index is 0. The van der Waals surface area contributed by atoms with E-state index >= 15 is 0 Å². The molecule has 1 nitrogen and oxygen atoms in total. The lowest BCUT2D eigenvalue weighted by Gasteiger charge is -2.14. The van der Waals surface area contributed by atoms with Crippen molar-refractivity contribution in [2.24, 2.45) is 0 Å². The largest absolute Gasteiger partial charge is 0.256 e. The highest BCUT2D eigenvalue weighted by Gasteiger charge is 2.18. The molecule has 0 bridgehead atoms. The first-order chi connectivity index (χ1) is 6.57. The Labute approximate surface area is 106 Å². The number of halogens is 2. The van der Waals surface area contributed by atoms with Gasteiger partial charge in [-0.1, -0.05) is 12.1 Å². The van der Waals surface area contributed by atoms with E-state index in [1.807, 2.05) is 24.3 Å². The van der Waals surface area contributed by atoms with Crippen molar-refractivity contribution in [1.29, 1.82) is 0 Å². The number of nitrogens with zero attached hydrogens (tertiary/aromatic N) is 1. The zero-order valence-corrected chi connectivity index (χ0v) is 11.0. The molecule has 0 aliphatic rings. The lowest BCUT2D eigenvalue weighted by Crippen LogP contribution is -2.08. The predicted octanol–water partition coefficient (Wildman–Crippen LogP) is 4.06.